The minimum absolute atomic E-state index is 0.117. The molecule has 4 aliphatic carbocycles. The van der Waals surface area contributed by atoms with Crippen molar-refractivity contribution in [1.82, 2.24) is 19.6 Å². The first-order valence-electron chi connectivity index (χ1n) is 20.8. The lowest BCUT2D eigenvalue weighted by Gasteiger charge is -2.43. The van der Waals surface area contributed by atoms with Crippen LogP contribution in [0.25, 0.3) is 33.2 Å². The summed E-state index contributed by atoms with van der Waals surface area (Å²) in [6.45, 7) is 4.56. The van der Waals surface area contributed by atoms with E-state index >= 15 is 0 Å². The van der Waals surface area contributed by atoms with Gasteiger partial charge in [0.05, 0.1) is 34.8 Å². The van der Waals surface area contributed by atoms with Crippen LogP contribution in [0.4, 0.5) is 8.78 Å². The van der Waals surface area contributed by atoms with E-state index in [4.69, 9.17) is 0 Å². The number of hydrogen-bond acceptors (Lipinski definition) is 4. The first-order chi connectivity index (χ1) is 27.2. The van der Waals surface area contributed by atoms with Gasteiger partial charge in [-0.25, -0.2) is 18.1 Å². The number of aryl methyl sites for hydroxylation is 2. The fourth-order valence-electron chi connectivity index (χ4n) is 11.3. The Morgan fingerprint density at radius 3 is 1.41 bits per heavy atom. The highest BCUT2D eigenvalue weighted by Crippen LogP contribution is 2.52. The van der Waals surface area contributed by atoms with Gasteiger partial charge in [-0.15, -0.1) is 0 Å². The molecule has 4 atom stereocenters. The van der Waals surface area contributed by atoms with Gasteiger partial charge in [0.2, 0.25) is 0 Å². The molecule has 10 rings (SSSR count). The van der Waals surface area contributed by atoms with E-state index in [-0.39, 0.29) is 22.5 Å². The number of Topliss-reactive ketones (excluding diaryl/α,β-unsaturated/α-hetero) is 2. The number of benzene rings is 4. The Labute approximate surface area is 327 Å². The quantitative estimate of drug-likeness (QED) is 0.180. The lowest BCUT2D eigenvalue weighted by molar-refractivity contribution is -0.124. The van der Waals surface area contributed by atoms with Gasteiger partial charge in [-0.1, -0.05) is 13.8 Å². The smallest absolute Gasteiger partial charge is 0.133 e. The molecule has 0 saturated heterocycles. The Kier molecular flexibility index (Phi) is 9.49. The molecule has 2 heterocycles. The van der Waals surface area contributed by atoms with E-state index in [0.29, 0.717) is 36.2 Å². The van der Waals surface area contributed by atoms with Gasteiger partial charge >= 0.3 is 0 Å². The molecule has 0 N–H and O–H groups in total. The summed E-state index contributed by atoms with van der Waals surface area (Å²) >= 11 is 0. The van der Waals surface area contributed by atoms with Crippen LogP contribution in [0, 0.1) is 23.5 Å². The summed E-state index contributed by atoms with van der Waals surface area (Å²) in [6.07, 6.45) is 17.4. The van der Waals surface area contributed by atoms with Crippen molar-refractivity contribution in [2.45, 2.75) is 115 Å². The topological polar surface area (TPSA) is 69.8 Å². The Morgan fingerprint density at radius 1 is 0.607 bits per heavy atom. The summed E-state index contributed by atoms with van der Waals surface area (Å²) in [5.41, 5.74) is 9.80. The van der Waals surface area contributed by atoms with E-state index in [1.54, 1.807) is 24.3 Å². The van der Waals surface area contributed by atoms with Gasteiger partial charge in [-0.3, -0.25) is 9.59 Å². The molecule has 2 fully saturated rings. The lowest BCUT2D eigenvalue weighted by atomic mass is 9.60. The van der Waals surface area contributed by atoms with E-state index in [0.717, 1.165) is 110 Å². The molecule has 6 nitrogen and oxygen atoms in total. The zero-order valence-corrected chi connectivity index (χ0v) is 32.5. The largest absolute Gasteiger partial charge is 0.300 e. The number of aromatic nitrogens is 4. The molecular weight excluding hydrogens is 703 g/mol. The third kappa shape index (κ3) is 6.20. The summed E-state index contributed by atoms with van der Waals surface area (Å²) < 4.78 is 30.5. The van der Waals surface area contributed by atoms with Crippen molar-refractivity contribution in [3.8, 4) is 11.4 Å². The number of carbonyl (C=O) groups is 2. The van der Waals surface area contributed by atoms with Crippen LogP contribution in [0.5, 0.6) is 0 Å². The van der Waals surface area contributed by atoms with Crippen LogP contribution in [-0.4, -0.2) is 31.1 Å². The second-order valence-electron chi connectivity index (χ2n) is 16.9. The summed E-state index contributed by atoms with van der Waals surface area (Å²) in [5.74, 6) is 1.31. The van der Waals surface area contributed by atoms with E-state index < -0.39 is 0 Å². The molecule has 0 radical (unpaired) electrons. The predicted molar refractivity (Wildman–Crippen MR) is 217 cm³/mol. The molecule has 2 aromatic heterocycles. The van der Waals surface area contributed by atoms with Crippen LogP contribution in [-0.2, 0) is 33.3 Å². The molecule has 6 aromatic rings. The fraction of sp³-hybridized carbons (Fsp3) is 0.417. The average Bonchev–Trinajstić information content (AvgIpc) is 3.74. The number of hydrogen-bond donors (Lipinski definition) is 0. The maximum Gasteiger partial charge on any atom is 0.133 e. The monoisotopic (exact) mass is 752 g/mol. The molecule has 2 saturated carbocycles. The predicted octanol–water partition coefficient (Wildman–Crippen LogP) is 11.0. The van der Waals surface area contributed by atoms with E-state index in [2.05, 4.69) is 48.3 Å². The summed E-state index contributed by atoms with van der Waals surface area (Å²) in [5, 5.41) is 11.4. The van der Waals surface area contributed by atoms with Crippen molar-refractivity contribution in [3.63, 3.8) is 0 Å². The Bertz CT molecular complexity index is 2280. The fourth-order valence-corrected chi connectivity index (χ4v) is 11.3. The normalized spacial score (nSPS) is 24.6. The van der Waals surface area contributed by atoms with Crippen LogP contribution >= 0.6 is 0 Å². The van der Waals surface area contributed by atoms with Gasteiger partial charge in [-0.2, -0.15) is 10.2 Å². The molecule has 288 valence electrons. The maximum absolute atomic E-state index is 13.3. The number of ketones is 2. The first-order valence-corrected chi connectivity index (χ1v) is 20.8. The van der Waals surface area contributed by atoms with Gasteiger partial charge in [0.1, 0.15) is 23.2 Å². The molecule has 4 aliphatic rings. The standard InChI is InChI=1S/2C24H25FN2O/c2*1-2-24-11-10-21(28)14-18(24)5-3-4-16-13-23-17(12-22(16)24)15-26-27(23)20-8-6-19(25)7-9-20/h2*6-9,12-13,15,18H,2-5,10-11,14H2,1H3/t2*18-,24+/m10/s1. The maximum atomic E-state index is 13.3. The second-order valence-corrected chi connectivity index (χ2v) is 16.9. The van der Waals surface area contributed by atoms with Gasteiger partial charge < -0.3 is 0 Å². The van der Waals surface area contributed by atoms with Crippen molar-refractivity contribution < 1.29 is 18.4 Å². The second kappa shape index (κ2) is 14.5. The minimum Gasteiger partial charge on any atom is -0.300 e. The molecule has 8 heteroatoms. The molecule has 0 aliphatic heterocycles. The van der Waals surface area contributed by atoms with Crippen molar-refractivity contribution in [2.24, 2.45) is 11.8 Å². The number of rotatable bonds is 4. The van der Waals surface area contributed by atoms with E-state index in [9.17, 15) is 18.4 Å². The highest BCUT2D eigenvalue weighted by molar-refractivity contribution is 5.85. The molecule has 0 unspecified atom stereocenters. The molecule has 0 bridgehead atoms. The lowest BCUT2D eigenvalue weighted by Crippen LogP contribution is -2.40. The zero-order valence-electron chi connectivity index (χ0n) is 32.5. The average molecular weight is 753 g/mol. The number of fused-ring (bicyclic) bond motifs is 8. The highest BCUT2D eigenvalue weighted by atomic mass is 19.1. The third-order valence-electron chi connectivity index (χ3n) is 14.3. The van der Waals surface area contributed by atoms with Crippen LogP contribution < -0.4 is 0 Å². The minimum atomic E-state index is -0.239. The van der Waals surface area contributed by atoms with E-state index in [1.165, 1.54) is 46.5 Å². The third-order valence-corrected chi connectivity index (χ3v) is 14.3. The molecule has 56 heavy (non-hydrogen) atoms. The van der Waals surface area contributed by atoms with Gasteiger partial charge in [0, 0.05) is 36.5 Å². The van der Waals surface area contributed by atoms with Crippen molar-refractivity contribution in [2.75, 3.05) is 0 Å². The van der Waals surface area contributed by atoms with Gasteiger partial charge in [0.25, 0.3) is 0 Å². The van der Waals surface area contributed by atoms with Crippen LogP contribution in [0.2, 0.25) is 0 Å². The van der Waals surface area contributed by atoms with Gasteiger partial charge in [0.15, 0.2) is 0 Å². The Hall–Kier alpha value is -4.98. The van der Waals surface area contributed by atoms with Crippen molar-refractivity contribution >= 4 is 33.4 Å². The molecule has 0 spiro atoms. The van der Waals surface area contributed by atoms with Crippen LogP contribution in [0.3, 0.4) is 0 Å². The Balaban J connectivity index is 0.000000146. The molecule has 0 amide bonds. The first kappa shape index (κ1) is 36.6. The SMILES string of the molecule is CC[C@@]12CCC(=O)C[C@@H]1CCCc1cc3c(cnn3-c3ccc(F)cc3)cc12.CC[C@]12CCC(=O)C[C@H]1CCCc1cc3c(cnn3-c3ccc(F)cc3)cc12. The molecular formula is C48H50F2N4O2. The summed E-state index contributed by atoms with van der Waals surface area (Å²) in [6, 6.07) is 22.2. The number of carbonyl (C=O) groups excluding carboxylic acids is 2. The number of nitrogens with zero attached hydrogens (tertiary/aromatic N) is 4. The van der Waals surface area contributed by atoms with E-state index in [1.807, 2.05) is 21.8 Å². The van der Waals surface area contributed by atoms with Crippen LogP contribution in [0.15, 0.2) is 85.2 Å². The number of halogens is 2. The van der Waals surface area contributed by atoms with Crippen LogP contribution in [0.1, 0.15) is 113 Å². The van der Waals surface area contributed by atoms with Crippen molar-refractivity contribution in [3.05, 3.63) is 119 Å². The molecule has 4 aromatic carbocycles. The zero-order chi connectivity index (χ0) is 38.6. The highest BCUT2D eigenvalue weighted by Gasteiger charge is 2.46. The Morgan fingerprint density at radius 2 is 1.02 bits per heavy atom. The van der Waals surface area contributed by atoms with Crippen molar-refractivity contribution in [1.29, 1.82) is 0 Å². The van der Waals surface area contributed by atoms with Gasteiger partial charge in [-0.05, 0) is 182 Å². The summed E-state index contributed by atoms with van der Waals surface area (Å²) in [4.78, 5) is 24.3. The summed E-state index contributed by atoms with van der Waals surface area (Å²) in [7, 11) is 0.